The standard InChI is InChI=1S/C16H19NO2/c1-18-13-14-7-5-6-10-16(14)17-11-12-19-15-8-3-2-4-9-15/h2-10,17H,11-13H2,1H3. The van der Waals surface area contributed by atoms with Gasteiger partial charge in [-0.2, -0.15) is 0 Å². The molecule has 3 heteroatoms. The van der Waals surface area contributed by atoms with E-state index < -0.39 is 0 Å². The van der Waals surface area contributed by atoms with Crippen molar-refractivity contribution in [3.8, 4) is 5.75 Å². The molecule has 100 valence electrons. The van der Waals surface area contributed by atoms with Crippen molar-refractivity contribution in [1.29, 1.82) is 0 Å². The van der Waals surface area contributed by atoms with Crippen molar-refractivity contribution in [3.63, 3.8) is 0 Å². The number of benzene rings is 2. The molecule has 0 bridgehead atoms. The predicted octanol–water partition coefficient (Wildman–Crippen LogP) is 3.32. The number of rotatable bonds is 7. The molecule has 0 aromatic heterocycles. The monoisotopic (exact) mass is 257 g/mol. The lowest BCUT2D eigenvalue weighted by molar-refractivity contribution is 0.185. The first-order valence-electron chi connectivity index (χ1n) is 6.38. The van der Waals surface area contributed by atoms with Crippen LogP contribution in [0.15, 0.2) is 54.6 Å². The molecule has 0 aliphatic carbocycles. The Morgan fingerprint density at radius 3 is 2.47 bits per heavy atom. The number of hydrogen-bond acceptors (Lipinski definition) is 3. The van der Waals surface area contributed by atoms with E-state index in [1.54, 1.807) is 7.11 Å². The Labute approximate surface area is 114 Å². The molecule has 19 heavy (non-hydrogen) atoms. The first-order chi connectivity index (χ1) is 9.40. The van der Waals surface area contributed by atoms with Crippen LogP contribution in [0.5, 0.6) is 5.75 Å². The van der Waals surface area contributed by atoms with E-state index in [2.05, 4.69) is 17.4 Å². The number of ether oxygens (including phenoxy) is 2. The van der Waals surface area contributed by atoms with Crippen LogP contribution in [0.4, 0.5) is 5.69 Å². The highest BCUT2D eigenvalue weighted by molar-refractivity contribution is 5.50. The van der Waals surface area contributed by atoms with Crippen molar-refractivity contribution < 1.29 is 9.47 Å². The third-order valence-electron chi connectivity index (χ3n) is 2.75. The average Bonchev–Trinajstić information content (AvgIpc) is 2.47. The summed E-state index contributed by atoms with van der Waals surface area (Å²) < 4.78 is 10.8. The SMILES string of the molecule is COCc1ccccc1NCCOc1ccccc1. The van der Waals surface area contributed by atoms with E-state index in [0.717, 1.165) is 23.5 Å². The first-order valence-corrected chi connectivity index (χ1v) is 6.38. The summed E-state index contributed by atoms with van der Waals surface area (Å²) in [4.78, 5) is 0. The van der Waals surface area contributed by atoms with Crippen LogP contribution in [-0.2, 0) is 11.3 Å². The Bertz CT molecular complexity index is 485. The summed E-state index contributed by atoms with van der Waals surface area (Å²) in [6.45, 7) is 2.00. The van der Waals surface area contributed by atoms with E-state index in [9.17, 15) is 0 Å². The second-order valence-corrected chi connectivity index (χ2v) is 4.18. The van der Waals surface area contributed by atoms with E-state index in [4.69, 9.17) is 9.47 Å². The Hall–Kier alpha value is -2.00. The molecule has 0 atom stereocenters. The summed E-state index contributed by atoms with van der Waals surface area (Å²) in [5, 5.41) is 3.36. The maximum absolute atomic E-state index is 5.63. The van der Waals surface area contributed by atoms with Crippen molar-refractivity contribution in [3.05, 3.63) is 60.2 Å². The summed E-state index contributed by atoms with van der Waals surface area (Å²) in [7, 11) is 1.70. The summed E-state index contributed by atoms with van der Waals surface area (Å²) in [5.41, 5.74) is 2.26. The largest absolute Gasteiger partial charge is 0.492 e. The molecule has 3 nitrogen and oxygen atoms in total. The lowest BCUT2D eigenvalue weighted by Crippen LogP contribution is -2.12. The van der Waals surface area contributed by atoms with Gasteiger partial charge in [0.1, 0.15) is 12.4 Å². The molecule has 0 fully saturated rings. The summed E-state index contributed by atoms with van der Waals surface area (Å²) in [6.07, 6.45) is 0. The maximum Gasteiger partial charge on any atom is 0.119 e. The van der Waals surface area contributed by atoms with Crippen LogP contribution >= 0.6 is 0 Å². The molecule has 0 saturated carbocycles. The van der Waals surface area contributed by atoms with E-state index in [1.807, 2.05) is 42.5 Å². The molecule has 0 aliphatic rings. The number of para-hydroxylation sites is 2. The van der Waals surface area contributed by atoms with Crippen LogP contribution < -0.4 is 10.1 Å². The van der Waals surface area contributed by atoms with Gasteiger partial charge < -0.3 is 14.8 Å². The normalized spacial score (nSPS) is 10.2. The lowest BCUT2D eigenvalue weighted by atomic mass is 10.2. The Kier molecular flexibility index (Phi) is 5.26. The zero-order valence-corrected chi connectivity index (χ0v) is 11.1. The van der Waals surface area contributed by atoms with Gasteiger partial charge in [-0.05, 0) is 18.2 Å². The second kappa shape index (κ2) is 7.44. The van der Waals surface area contributed by atoms with Gasteiger partial charge >= 0.3 is 0 Å². The van der Waals surface area contributed by atoms with Gasteiger partial charge in [-0.25, -0.2) is 0 Å². The average molecular weight is 257 g/mol. The van der Waals surface area contributed by atoms with Crippen molar-refractivity contribution in [1.82, 2.24) is 0 Å². The summed E-state index contributed by atoms with van der Waals surface area (Å²) >= 11 is 0. The van der Waals surface area contributed by atoms with Gasteiger partial charge in [-0.1, -0.05) is 36.4 Å². The fraction of sp³-hybridized carbons (Fsp3) is 0.250. The van der Waals surface area contributed by atoms with Crippen molar-refractivity contribution in [2.75, 3.05) is 25.6 Å². The summed E-state index contributed by atoms with van der Waals surface area (Å²) in [5.74, 6) is 0.898. The van der Waals surface area contributed by atoms with Crippen LogP contribution in [0.1, 0.15) is 5.56 Å². The molecular weight excluding hydrogens is 238 g/mol. The quantitative estimate of drug-likeness (QED) is 0.772. The second-order valence-electron chi connectivity index (χ2n) is 4.18. The van der Waals surface area contributed by atoms with Crippen LogP contribution in [0.2, 0.25) is 0 Å². The molecule has 2 rings (SSSR count). The molecule has 0 radical (unpaired) electrons. The minimum Gasteiger partial charge on any atom is -0.492 e. The van der Waals surface area contributed by atoms with Gasteiger partial charge in [-0.3, -0.25) is 0 Å². The van der Waals surface area contributed by atoms with Gasteiger partial charge in [0, 0.05) is 24.9 Å². The Balaban J connectivity index is 1.79. The molecule has 1 N–H and O–H groups in total. The zero-order valence-electron chi connectivity index (χ0n) is 11.1. The van der Waals surface area contributed by atoms with Crippen LogP contribution in [-0.4, -0.2) is 20.3 Å². The number of anilines is 1. The van der Waals surface area contributed by atoms with Crippen LogP contribution in [0.3, 0.4) is 0 Å². The highest BCUT2D eigenvalue weighted by Gasteiger charge is 2.00. The third kappa shape index (κ3) is 4.30. The maximum atomic E-state index is 5.63. The van der Waals surface area contributed by atoms with Crippen LogP contribution in [0, 0.1) is 0 Å². The fourth-order valence-corrected chi connectivity index (χ4v) is 1.85. The fourth-order valence-electron chi connectivity index (χ4n) is 1.85. The molecule has 2 aromatic rings. The van der Waals surface area contributed by atoms with Gasteiger partial charge in [0.05, 0.1) is 6.61 Å². The number of methoxy groups -OCH3 is 1. The molecule has 0 spiro atoms. The highest BCUT2D eigenvalue weighted by atomic mass is 16.5. The minimum atomic E-state index is 0.614. The van der Waals surface area contributed by atoms with E-state index in [-0.39, 0.29) is 0 Å². The number of nitrogens with one attached hydrogen (secondary N) is 1. The molecule has 0 aliphatic heterocycles. The van der Waals surface area contributed by atoms with E-state index in [0.29, 0.717) is 13.2 Å². The van der Waals surface area contributed by atoms with Gasteiger partial charge in [0.15, 0.2) is 0 Å². The van der Waals surface area contributed by atoms with Gasteiger partial charge in [0.25, 0.3) is 0 Å². The molecular formula is C16H19NO2. The number of hydrogen-bond donors (Lipinski definition) is 1. The van der Waals surface area contributed by atoms with Crippen LogP contribution in [0.25, 0.3) is 0 Å². The van der Waals surface area contributed by atoms with Crippen molar-refractivity contribution in [2.45, 2.75) is 6.61 Å². The Morgan fingerprint density at radius 1 is 0.947 bits per heavy atom. The first kappa shape index (κ1) is 13.4. The predicted molar refractivity (Wildman–Crippen MR) is 77.6 cm³/mol. The zero-order chi connectivity index (χ0) is 13.3. The van der Waals surface area contributed by atoms with Gasteiger partial charge in [0.2, 0.25) is 0 Å². The smallest absolute Gasteiger partial charge is 0.119 e. The van der Waals surface area contributed by atoms with Gasteiger partial charge in [-0.15, -0.1) is 0 Å². The van der Waals surface area contributed by atoms with Crippen molar-refractivity contribution >= 4 is 5.69 Å². The molecule has 0 saturated heterocycles. The van der Waals surface area contributed by atoms with E-state index in [1.165, 1.54) is 0 Å². The Morgan fingerprint density at radius 2 is 1.68 bits per heavy atom. The minimum absolute atomic E-state index is 0.614. The molecule has 0 amide bonds. The lowest BCUT2D eigenvalue weighted by Gasteiger charge is -2.12. The van der Waals surface area contributed by atoms with Crippen molar-refractivity contribution in [2.24, 2.45) is 0 Å². The van der Waals surface area contributed by atoms with E-state index >= 15 is 0 Å². The highest BCUT2D eigenvalue weighted by Crippen LogP contribution is 2.15. The molecule has 0 heterocycles. The molecule has 0 unspecified atom stereocenters. The third-order valence-corrected chi connectivity index (χ3v) is 2.75. The topological polar surface area (TPSA) is 30.5 Å². The molecule has 2 aromatic carbocycles. The summed E-state index contributed by atoms with van der Waals surface area (Å²) in [6, 6.07) is 18.0.